The summed E-state index contributed by atoms with van der Waals surface area (Å²) < 4.78 is 2.44. The molecule has 1 amide bonds. The third-order valence-electron chi connectivity index (χ3n) is 3.39. The molecule has 3 rings (SSSR count). The van der Waals surface area contributed by atoms with E-state index in [0.29, 0.717) is 0 Å². The lowest BCUT2D eigenvalue weighted by Crippen LogP contribution is -2.22. The number of halogens is 1. The van der Waals surface area contributed by atoms with Gasteiger partial charge < -0.3 is 10.6 Å². The van der Waals surface area contributed by atoms with E-state index in [9.17, 15) is 4.79 Å². The second kappa shape index (κ2) is 7.22. The summed E-state index contributed by atoms with van der Waals surface area (Å²) in [6.45, 7) is 2.13. The Labute approximate surface area is 147 Å². The van der Waals surface area contributed by atoms with E-state index in [1.807, 2.05) is 49.4 Å². The van der Waals surface area contributed by atoms with Crippen LogP contribution in [0, 0.1) is 6.92 Å². The number of nitrogens with one attached hydrogen (secondary N) is 2. The quantitative estimate of drug-likeness (QED) is 0.703. The normalized spacial score (nSPS) is 10.4. The van der Waals surface area contributed by atoms with Gasteiger partial charge in [-0.25, -0.2) is 4.68 Å². The summed E-state index contributed by atoms with van der Waals surface area (Å²) in [5, 5.41) is 17.1. The van der Waals surface area contributed by atoms with Gasteiger partial charge in [-0.15, -0.1) is 5.10 Å². The van der Waals surface area contributed by atoms with Crippen molar-refractivity contribution in [2.75, 3.05) is 17.2 Å². The second-order valence-electron chi connectivity index (χ2n) is 5.14. The smallest absolute Gasteiger partial charge is 0.243 e. The molecule has 0 aliphatic carbocycles. The first-order valence-corrected chi connectivity index (χ1v) is 8.05. The molecule has 2 N–H and O–H groups in total. The molecular formula is C16H15BrN6O. The molecular weight excluding hydrogens is 372 g/mol. The molecule has 0 radical (unpaired) electrons. The highest BCUT2D eigenvalue weighted by Crippen LogP contribution is 2.21. The van der Waals surface area contributed by atoms with Crippen molar-refractivity contribution in [1.29, 1.82) is 0 Å². The molecule has 0 unspecified atom stereocenters. The molecule has 0 aliphatic heterocycles. The Morgan fingerprint density at radius 1 is 1.25 bits per heavy atom. The molecule has 3 aromatic rings. The number of carbonyl (C=O) groups is 1. The predicted molar refractivity (Wildman–Crippen MR) is 95.2 cm³/mol. The van der Waals surface area contributed by atoms with Crippen LogP contribution in [0.4, 0.5) is 11.4 Å². The maximum absolute atomic E-state index is 12.1. The third-order valence-corrected chi connectivity index (χ3v) is 4.09. The van der Waals surface area contributed by atoms with Crippen LogP contribution in [0.15, 0.2) is 53.3 Å². The minimum atomic E-state index is -0.121. The number of amides is 1. The van der Waals surface area contributed by atoms with Gasteiger partial charge in [0, 0.05) is 10.2 Å². The van der Waals surface area contributed by atoms with E-state index < -0.39 is 0 Å². The lowest BCUT2D eigenvalue weighted by molar-refractivity contribution is -0.114. The maximum atomic E-state index is 12.1. The van der Waals surface area contributed by atoms with E-state index in [1.165, 1.54) is 0 Å². The molecule has 0 saturated heterocycles. The number of aryl methyl sites for hydroxylation is 1. The molecule has 0 saturated carbocycles. The van der Waals surface area contributed by atoms with Crippen LogP contribution in [0.1, 0.15) is 5.56 Å². The summed E-state index contributed by atoms with van der Waals surface area (Å²) >= 11 is 3.40. The number of hydrogen-bond donors (Lipinski definition) is 2. The second-order valence-corrected chi connectivity index (χ2v) is 5.99. The van der Waals surface area contributed by atoms with Gasteiger partial charge in [0.2, 0.25) is 5.91 Å². The number of para-hydroxylation sites is 1. The highest BCUT2D eigenvalue weighted by Gasteiger charge is 2.07. The van der Waals surface area contributed by atoms with Crippen LogP contribution >= 0.6 is 15.9 Å². The van der Waals surface area contributed by atoms with Crippen LogP contribution in [0.5, 0.6) is 0 Å². The van der Waals surface area contributed by atoms with Crippen molar-refractivity contribution in [3.63, 3.8) is 0 Å². The Balaban J connectivity index is 1.61. The lowest BCUT2D eigenvalue weighted by atomic mass is 10.2. The highest BCUT2D eigenvalue weighted by molar-refractivity contribution is 9.10. The lowest BCUT2D eigenvalue weighted by Gasteiger charge is -2.11. The standard InChI is InChI=1S/C16H15BrN6O/c1-11-8-12(6-7-15(11)23-10-19-21-22-23)18-9-16(24)20-14-5-3-2-4-13(14)17/h2-8,10,18H,9H2,1H3,(H,20,24). The van der Waals surface area contributed by atoms with Crippen molar-refractivity contribution < 1.29 is 4.79 Å². The number of benzene rings is 2. The first-order valence-electron chi connectivity index (χ1n) is 7.26. The van der Waals surface area contributed by atoms with Crippen LogP contribution in [-0.4, -0.2) is 32.7 Å². The van der Waals surface area contributed by atoms with Crippen LogP contribution < -0.4 is 10.6 Å². The first-order chi connectivity index (χ1) is 11.6. The SMILES string of the molecule is Cc1cc(NCC(=O)Nc2ccccc2Br)ccc1-n1cnnn1. The zero-order chi connectivity index (χ0) is 16.9. The van der Waals surface area contributed by atoms with E-state index in [2.05, 4.69) is 42.1 Å². The van der Waals surface area contributed by atoms with Crippen molar-refractivity contribution in [3.05, 3.63) is 58.8 Å². The predicted octanol–water partition coefficient (Wildman–Crippen LogP) is 2.78. The third kappa shape index (κ3) is 3.77. The van der Waals surface area contributed by atoms with Crippen LogP contribution in [0.25, 0.3) is 5.69 Å². The van der Waals surface area contributed by atoms with Gasteiger partial charge in [-0.05, 0) is 69.2 Å². The molecule has 0 bridgehead atoms. The number of rotatable bonds is 5. The number of aromatic nitrogens is 4. The van der Waals surface area contributed by atoms with Crippen LogP contribution in [-0.2, 0) is 4.79 Å². The molecule has 1 heterocycles. The molecule has 122 valence electrons. The Hall–Kier alpha value is -2.74. The van der Waals surface area contributed by atoms with Crippen molar-refractivity contribution in [2.45, 2.75) is 6.92 Å². The Morgan fingerprint density at radius 2 is 2.08 bits per heavy atom. The average Bonchev–Trinajstić information content (AvgIpc) is 3.09. The fourth-order valence-corrected chi connectivity index (χ4v) is 2.62. The molecule has 0 aliphatic rings. The minimum absolute atomic E-state index is 0.121. The highest BCUT2D eigenvalue weighted by atomic mass is 79.9. The Morgan fingerprint density at radius 3 is 2.79 bits per heavy atom. The van der Waals surface area contributed by atoms with E-state index in [4.69, 9.17) is 0 Å². The van der Waals surface area contributed by atoms with Crippen molar-refractivity contribution in [2.24, 2.45) is 0 Å². The van der Waals surface area contributed by atoms with E-state index in [1.54, 1.807) is 11.0 Å². The molecule has 24 heavy (non-hydrogen) atoms. The van der Waals surface area contributed by atoms with Crippen LogP contribution in [0.3, 0.4) is 0 Å². The van der Waals surface area contributed by atoms with E-state index in [-0.39, 0.29) is 12.5 Å². The summed E-state index contributed by atoms with van der Waals surface area (Å²) in [6.07, 6.45) is 1.54. The Kier molecular flexibility index (Phi) is 4.85. The summed E-state index contributed by atoms with van der Waals surface area (Å²) in [6, 6.07) is 13.2. The summed E-state index contributed by atoms with van der Waals surface area (Å²) in [7, 11) is 0. The topological polar surface area (TPSA) is 84.7 Å². The largest absolute Gasteiger partial charge is 0.376 e. The molecule has 0 atom stereocenters. The molecule has 2 aromatic carbocycles. The van der Waals surface area contributed by atoms with Crippen molar-refractivity contribution in [1.82, 2.24) is 20.2 Å². The maximum Gasteiger partial charge on any atom is 0.243 e. The van der Waals surface area contributed by atoms with Gasteiger partial charge in [0.25, 0.3) is 0 Å². The van der Waals surface area contributed by atoms with Gasteiger partial charge in [-0.3, -0.25) is 4.79 Å². The van der Waals surface area contributed by atoms with Crippen LogP contribution in [0.2, 0.25) is 0 Å². The number of nitrogens with zero attached hydrogens (tertiary/aromatic N) is 4. The fourth-order valence-electron chi connectivity index (χ4n) is 2.23. The summed E-state index contributed by atoms with van der Waals surface area (Å²) in [5.41, 5.74) is 3.49. The number of tetrazole rings is 1. The van der Waals surface area contributed by atoms with Gasteiger partial charge in [0.1, 0.15) is 6.33 Å². The van der Waals surface area contributed by atoms with Crippen molar-refractivity contribution in [3.8, 4) is 5.69 Å². The molecule has 0 fully saturated rings. The summed E-state index contributed by atoms with van der Waals surface area (Å²) in [5.74, 6) is -0.121. The zero-order valence-electron chi connectivity index (χ0n) is 12.9. The molecule has 0 spiro atoms. The van der Waals surface area contributed by atoms with Gasteiger partial charge in [-0.2, -0.15) is 0 Å². The first kappa shape index (κ1) is 16.1. The zero-order valence-corrected chi connectivity index (χ0v) is 14.5. The monoisotopic (exact) mass is 386 g/mol. The number of hydrogen-bond acceptors (Lipinski definition) is 5. The number of anilines is 2. The van der Waals surface area contributed by atoms with Gasteiger partial charge in [0.15, 0.2) is 0 Å². The Bertz CT molecular complexity index is 850. The summed E-state index contributed by atoms with van der Waals surface area (Å²) in [4.78, 5) is 12.1. The number of carbonyl (C=O) groups excluding carboxylic acids is 1. The average molecular weight is 387 g/mol. The molecule has 1 aromatic heterocycles. The fraction of sp³-hybridized carbons (Fsp3) is 0.125. The van der Waals surface area contributed by atoms with E-state index in [0.717, 1.165) is 27.1 Å². The van der Waals surface area contributed by atoms with Gasteiger partial charge in [0.05, 0.1) is 17.9 Å². The van der Waals surface area contributed by atoms with Gasteiger partial charge >= 0.3 is 0 Å². The van der Waals surface area contributed by atoms with Crippen molar-refractivity contribution >= 4 is 33.2 Å². The van der Waals surface area contributed by atoms with E-state index >= 15 is 0 Å². The molecule has 8 heteroatoms. The minimum Gasteiger partial charge on any atom is -0.376 e. The molecule has 7 nitrogen and oxygen atoms in total. The van der Waals surface area contributed by atoms with Gasteiger partial charge in [-0.1, -0.05) is 12.1 Å².